The second kappa shape index (κ2) is 8.85. The summed E-state index contributed by atoms with van der Waals surface area (Å²) < 4.78 is 2.39. The molecule has 1 heterocycles. The molecule has 0 aliphatic heterocycles. The summed E-state index contributed by atoms with van der Waals surface area (Å²) in [5.41, 5.74) is 5.35. The molecule has 130 valence electrons. The predicted octanol–water partition coefficient (Wildman–Crippen LogP) is 6.57. The number of halogens is 2. The Hall–Kier alpha value is -1.61. The Labute approximate surface area is 181 Å². The highest BCUT2D eigenvalue weighted by molar-refractivity contribution is 14.1. The summed E-state index contributed by atoms with van der Waals surface area (Å²) in [7, 11) is 0. The largest absolute Gasteiger partial charge is 0.252 e. The van der Waals surface area contributed by atoms with Gasteiger partial charge in [-0.3, -0.25) is 9.98 Å². The molecule has 0 aliphatic carbocycles. The quantitative estimate of drug-likeness (QED) is 0.261. The van der Waals surface area contributed by atoms with Gasteiger partial charge in [0, 0.05) is 7.14 Å². The molecule has 0 unspecified atom stereocenters. The topological polar surface area (TPSA) is 37.6 Å². The molecule has 0 bridgehead atoms. The van der Waals surface area contributed by atoms with E-state index in [-0.39, 0.29) is 0 Å². The summed E-state index contributed by atoms with van der Waals surface area (Å²) in [6.07, 6.45) is 0. The zero-order valence-corrected chi connectivity index (χ0v) is 18.8. The van der Waals surface area contributed by atoms with E-state index < -0.39 is 0 Å². The van der Waals surface area contributed by atoms with Crippen molar-refractivity contribution < 1.29 is 0 Å². The smallest absolute Gasteiger partial charge is 0.0849 e. The summed E-state index contributed by atoms with van der Waals surface area (Å²) in [5.74, 6) is 0. The number of nitrogens with zero attached hydrogens (tertiary/aromatic N) is 3. The van der Waals surface area contributed by atoms with Crippen molar-refractivity contribution >= 4 is 68.0 Å². The summed E-state index contributed by atoms with van der Waals surface area (Å²) in [5, 5.41) is 0. The molecule has 5 heteroatoms. The Balaban J connectivity index is 1.87. The van der Waals surface area contributed by atoms with Crippen LogP contribution in [-0.4, -0.2) is 16.4 Å². The molecule has 0 spiro atoms. The van der Waals surface area contributed by atoms with E-state index in [1.165, 1.54) is 7.14 Å². The number of aromatic nitrogens is 1. The Morgan fingerprint density at radius 1 is 0.654 bits per heavy atom. The maximum absolute atomic E-state index is 4.74. The lowest BCUT2D eigenvalue weighted by atomic mass is 10.2. The zero-order valence-electron chi connectivity index (χ0n) is 14.4. The first-order valence-electron chi connectivity index (χ1n) is 8.11. The monoisotopic (exact) mass is 565 g/mol. The molecule has 3 aromatic rings. The van der Waals surface area contributed by atoms with Crippen LogP contribution in [0.1, 0.15) is 25.2 Å². The minimum atomic E-state index is 0.859. The SMILES string of the molecule is C/C(=N\c1ccc(I)cc1)c1cccc(/C(C)=N/c2ccc(I)cc2)n1. The predicted molar refractivity (Wildman–Crippen MR) is 126 cm³/mol. The summed E-state index contributed by atoms with van der Waals surface area (Å²) in [4.78, 5) is 14.1. The van der Waals surface area contributed by atoms with Crippen molar-refractivity contribution in [3.63, 3.8) is 0 Å². The van der Waals surface area contributed by atoms with Gasteiger partial charge in [-0.05, 0) is 120 Å². The molecule has 0 N–H and O–H groups in total. The first-order chi connectivity index (χ1) is 12.5. The first-order valence-corrected chi connectivity index (χ1v) is 10.3. The molecule has 2 aromatic carbocycles. The van der Waals surface area contributed by atoms with Crippen LogP contribution in [0.2, 0.25) is 0 Å². The van der Waals surface area contributed by atoms with E-state index in [0.717, 1.165) is 34.2 Å². The maximum atomic E-state index is 4.74. The molecule has 0 saturated heterocycles. The van der Waals surface area contributed by atoms with E-state index in [0.29, 0.717) is 0 Å². The van der Waals surface area contributed by atoms with Crippen LogP contribution in [0.15, 0.2) is 76.7 Å². The molecule has 3 rings (SSSR count). The summed E-state index contributed by atoms with van der Waals surface area (Å²) in [6, 6.07) is 22.2. The minimum absolute atomic E-state index is 0.859. The molecule has 0 atom stereocenters. The Morgan fingerprint density at radius 3 is 1.42 bits per heavy atom. The number of hydrogen-bond donors (Lipinski definition) is 0. The maximum Gasteiger partial charge on any atom is 0.0849 e. The highest BCUT2D eigenvalue weighted by Gasteiger charge is 2.05. The number of hydrogen-bond acceptors (Lipinski definition) is 3. The number of benzene rings is 2. The van der Waals surface area contributed by atoms with Gasteiger partial charge in [-0.25, -0.2) is 4.98 Å². The van der Waals surface area contributed by atoms with Gasteiger partial charge in [-0.15, -0.1) is 0 Å². The zero-order chi connectivity index (χ0) is 18.5. The van der Waals surface area contributed by atoms with Crippen LogP contribution in [0, 0.1) is 7.14 Å². The summed E-state index contributed by atoms with van der Waals surface area (Å²) in [6.45, 7) is 3.96. The third-order valence-corrected chi connectivity index (χ3v) is 5.18. The fourth-order valence-electron chi connectivity index (χ4n) is 2.37. The van der Waals surface area contributed by atoms with Crippen LogP contribution in [-0.2, 0) is 0 Å². The fourth-order valence-corrected chi connectivity index (χ4v) is 3.09. The second-order valence-electron chi connectivity index (χ2n) is 5.76. The van der Waals surface area contributed by atoms with E-state index >= 15 is 0 Å². The summed E-state index contributed by atoms with van der Waals surface area (Å²) >= 11 is 4.58. The van der Waals surface area contributed by atoms with Gasteiger partial charge >= 0.3 is 0 Å². The third kappa shape index (κ3) is 5.20. The lowest BCUT2D eigenvalue weighted by Crippen LogP contribution is -2.04. The van der Waals surface area contributed by atoms with Crippen LogP contribution >= 0.6 is 45.2 Å². The lowest BCUT2D eigenvalue weighted by Gasteiger charge is -2.05. The van der Waals surface area contributed by atoms with Gasteiger partial charge in [0.05, 0.1) is 34.2 Å². The molecule has 0 amide bonds. The standard InChI is InChI=1S/C21H17I2N3/c1-14(24-18-10-6-16(22)7-11-18)20-4-3-5-21(26-20)15(2)25-19-12-8-17(23)9-13-19/h3-13H,1-2H3/b24-14+,25-15+. The van der Waals surface area contributed by atoms with Gasteiger partial charge in [-0.2, -0.15) is 0 Å². The van der Waals surface area contributed by atoms with Gasteiger partial charge in [-0.1, -0.05) is 6.07 Å². The molecule has 3 nitrogen and oxygen atoms in total. The Morgan fingerprint density at radius 2 is 1.04 bits per heavy atom. The molecular formula is C21H17I2N3. The molecule has 1 aromatic heterocycles. The van der Waals surface area contributed by atoms with Crippen molar-refractivity contribution in [3.8, 4) is 0 Å². The van der Waals surface area contributed by atoms with Crippen molar-refractivity contribution in [3.05, 3.63) is 85.3 Å². The Kier molecular flexibility index (Phi) is 6.53. The average molecular weight is 565 g/mol. The molecular weight excluding hydrogens is 548 g/mol. The van der Waals surface area contributed by atoms with E-state index in [2.05, 4.69) is 55.2 Å². The molecule has 0 radical (unpaired) electrons. The fraction of sp³-hybridized carbons (Fsp3) is 0.0952. The highest BCUT2D eigenvalue weighted by Crippen LogP contribution is 2.18. The van der Waals surface area contributed by atoms with Crippen LogP contribution in [0.25, 0.3) is 0 Å². The average Bonchev–Trinajstić information content (AvgIpc) is 2.65. The molecule has 26 heavy (non-hydrogen) atoms. The normalized spacial score (nSPS) is 12.3. The van der Waals surface area contributed by atoms with Gasteiger partial charge in [0.25, 0.3) is 0 Å². The van der Waals surface area contributed by atoms with Crippen LogP contribution in [0.4, 0.5) is 11.4 Å². The van der Waals surface area contributed by atoms with Crippen LogP contribution in [0.3, 0.4) is 0 Å². The van der Waals surface area contributed by atoms with Crippen molar-refractivity contribution in [1.29, 1.82) is 0 Å². The number of aliphatic imine (C=N–C) groups is 2. The van der Waals surface area contributed by atoms with Crippen LogP contribution in [0.5, 0.6) is 0 Å². The van der Waals surface area contributed by atoms with Crippen molar-refractivity contribution in [1.82, 2.24) is 4.98 Å². The van der Waals surface area contributed by atoms with E-state index in [1.807, 2.05) is 80.6 Å². The molecule has 0 saturated carbocycles. The molecule has 0 aliphatic rings. The molecule has 0 fully saturated rings. The first kappa shape index (κ1) is 19.2. The van der Waals surface area contributed by atoms with Crippen molar-refractivity contribution in [2.75, 3.05) is 0 Å². The third-order valence-electron chi connectivity index (χ3n) is 3.74. The van der Waals surface area contributed by atoms with Crippen LogP contribution < -0.4 is 0 Å². The highest BCUT2D eigenvalue weighted by atomic mass is 127. The number of pyridine rings is 1. The van der Waals surface area contributed by atoms with E-state index in [1.54, 1.807) is 0 Å². The van der Waals surface area contributed by atoms with Crippen molar-refractivity contribution in [2.24, 2.45) is 9.98 Å². The minimum Gasteiger partial charge on any atom is -0.252 e. The van der Waals surface area contributed by atoms with Gasteiger partial charge in [0.2, 0.25) is 0 Å². The van der Waals surface area contributed by atoms with E-state index in [9.17, 15) is 0 Å². The van der Waals surface area contributed by atoms with Gasteiger partial charge < -0.3 is 0 Å². The lowest BCUT2D eigenvalue weighted by molar-refractivity contribution is 1.24. The van der Waals surface area contributed by atoms with Crippen molar-refractivity contribution in [2.45, 2.75) is 13.8 Å². The van der Waals surface area contributed by atoms with Gasteiger partial charge in [0.15, 0.2) is 0 Å². The second-order valence-corrected chi connectivity index (χ2v) is 8.25. The number of rotatable bonds is 4. The van der Waals surface area contributed by atoms with Gasteiger partial charge in [0.1, 0.15) is 0 Å². The Bertz CT molecular complexity index is 883. The van der Waals surface area contributed by atoms with E-state index in [4.69, 9.17) is 4.98 Å².